The number of ether oxygens (including phenoxy) is 1. The van der Waals surface area contributed by atoms with Crippen LogP contribution in [0.2, 0.25) is 0 Å². The van der Waals surface area contributed by atoms with Gasteiger partial charge in [0.15, 0.2) is 0 Å². The maximum absolute atomic E-state index is 13.7. The molecule has 1 aliphatic rings. The normalized spacial score (nSPS) is 19.5. The highest BCUT2D eigenvalue weighted by molar-refractivity contribution is 9.10. The molecule has 3 rings (SSSR count). The molecule has 1 saturated carbocycles. The number of primary amides is 1. The molecule has 2 atom stereocenters. The van der Waals surface area contributed by atoms with Crippen molar-refractivity contribution >= 4 is 21.8 Å². The van der Waals surface area contributed by atoms with Gasteiger partial charge in [-0.05, 0) is 52.5 Å². The van der Waals surface area contributed by atoms with Crippen LogP contribution in [0.3, 0.4) is 0 Å². The van der Waals surface area contributed by atoms with E-state index in [4.69, 9.17) is 10.5 Å². The van der Waals surface area contributed by atoms with Crippen molar-refractivity contribution in [2.45, 2.75) is 38.5 Å². The van der Waals surface area contributed by atoms with Crippen molar-refractivity contribution in [1.29, 1.82) is 0 Å². The number of hydrogen-bond acceptors (Lipinski definition) is 3. The zero-order valence-corrected chi connectivity index (χ0v) is 16.0. The summed E-state index contributed by atoms with van der Waals surface area (Å²) >= 11 is 3.51. The molecule has 1 fully saturated rings. The third kappa shape index (κ3) is 4.62. The smallest absolute Gasteiger partial charge is 0.222 e. The Morgan fingerprint density at radius 1 is 1.27 bits per heavy atom. The van der Waals surface area contributed by atoms with Crippen LogP contribution in [0.15, 0.2) is 46.9 Å². The fourth-order valence-electron chi connectivity index (χ4n) is 3.34. The Hall–Kier alpha value is -1.92. The summed E-state index contributed by atoms with van der Waals surface area (Å²) in [6, 6.07) is 12.5. The number of nitrogens with one attached hydrogen (secondary N) is 1. The van der Waals surface area contributed by atoms with Crippen molar-refractivity contribution in [2.24, 2.45) is 11.7 Å². The lowest BCUT2D eigenvalue weighted by molar-refractivity contribution is -0.122. The summed E-state index contributed by atoms with van der Waals surface area (Å²) in [5, 5.41) is 3.43. The van der Waals surface area contributed by atoms with E-state index in [2.05, 4.69) is 21.2 Å². The fraction of sp³-hybridized carbons (Fsp3) is 0.350. The van der Waals surface area contributed by atoms with Crippen molar-refractivity contribution < 1.29 is 13.9 Å². The van der Waals surface area contributed by atoms with Crippen LogP contribution >= 0.6 is 15.9 Å². The van der Waals surface area contributed by atoms with E-state index in [1.165, 1.54) is 6.07 Å². The minimum atomic E-state index is -0.273. The number of benzene rings is 2. The SMILES string of the molecule is NC(=O)C1CCCC1NCc1ccc(OCc2ccccc2F)c(Br)c1. The fourth-order valence-corrected chi connectivity index (χ4v) is 3.88. The third-order valence-electron chi connectivity index (χ3n) is 4.79. The van der Waals surface area contributed by atoms with Crippen LogP contribution in [0.4, 0.5) is 4.39 Å². The largest absolute Gasteiger partial charge is 0.488 e. The molecular formula is C20H22BrFN2O2. The van der Waals surface area contributed by atoms with E-state index in [1.807, 2.05) is 18.2 Å². The number of nitrogens with two attached hydrogens (primary N) is 1. The molecule has 0 heterocycles. The molecule has 0 aliphatic heterocycles. The summed E-state index contributed by atoms with van der Waals surface area (Å²) in [6.45, 7) is 0.825. The summed E-state index contributed by atoms with van der Waals surface area (Å²) in [7, 11) is 0. The predicted molar refractivity (Wildman–Crippen MR) is 102 cm³/mol. The van der Waals surface area contributed by atoms with Crippen molar-refractivity contribution in [3.63, 3.8) is 0 Å². The Kier molecular flexibility index (Phi) is 6.27. The van der Waals surface area contributed by atoms with Crippen LogP contribution < -0.4 is 15.8 Å². The van der Waals surface area contributed by atoms with E-state index < -0.39 is 0 Å². The first-order valence-corrected chi connectivity index (χ1v) is 9.51. The number of amides is 1. The molecule has 2 unspecified atom stereocenters. The van der Waals surface area contributed by atoms with Gasteiger partial charge in [-0.15, -0.1) is 0 Å². The molecule has 26 heavy (non-hydrogen) atoms. The highest BCUT2D eigenvalue weighted by atomic mass is 79.9. The Morgan fingerprint density at radius 3 is 2.81 bits per heavy atom. The van der Waals surface area contributed by atoms with Gasteiger partial charge < -0.3 is 15.8 Å². The van der Waals surface area contributed by atoms with Gasteiger partial charge in [0.2, 0.25) is 5.91 Å². The predicted octanol–water partition coefficient (Wildman–Crippen LogP) is 3.91. The first-order valence-electron chi connectivity index (χ1n) is 8.72. The molecule has 1 amide bonds. The van der Waals surface area contributed by atoms with Gasteiger partial charge in [0.25, 0.3) is 0 Å². The standard InChI is InChI=1S/C20H22BrFN2O2/c21-16-10-13(11-24-18-7-3-5-15(18)20(23)25)8-9-19(16)26-12-14-4-1-2-6-17(14)22/h1-2,4,6,8-10,15,18,24H,3,5,7,11-12H2,(H2,23,25). The highest BCUT2D eigenvalue weighted by Crippen LogP contribution is 2.28. The van der Waals surface area contributed by atoms with Crippen molar-refractivity contribution in [2.75, 3.05) is 0 Å². The number of rotatable bonds is 7. The molecule has 2 aromatic carbocycles. The molecule has 3 N–H and O–H groups in total. The lowest BCUT2D eigenvalue weighted by atomic mass is 10.0. The van der Waals surface area contributed by atoms with Gasteiger partial charge in [-0.25, -0.2) is 4.39 Å². The zero-order valence-electron chi connectivity index (χ0n) is 14.4. The summed E-state index contributed by atoms with van der Waals surface area (Å²) in [6.07, 6.45) is 2.86. The quantitative estimate of drug-likeness (QED) is 0.713. The maximum Gasteiger partial charge on any atom is 0.222 e. The van der Waals surface area contributed by atoms with Crippen LogP contribution in [0.5, 0.6) is 5.75 Å². The van der Waals surface area contributed by atoms with Crippen molar-refractivity contribution in [3.05, 3.63) is 63.9 Å². The molecule has 6 heteroatoms. The van der Waals surface area contributed by atoms with Crippen LogP contribution in [0.25, 0.3) is 0 Å². The van der Waals surface area contributed by atoms with Gasteiger partial charge in [-0.3, -0.25) is 4.79 Å². The molecule has 0 radical (unpaired) electrons. The monoisotopic (exact) mass is 420 g/mol. The first kappa shape index (κ1) is 18.9. The zero-order chi connectivity index (χ0) is 18.5. The Bertz CT molecular complexity index is 784. The summed E-state index contributed by atoms with van der Waals surface area (Å²) in [5.74, 6) is 0.0813. The summed E-state index contributed by atoms with van der Waals surface area (Å²) in [5.41, 5.74) is 7.06. The van der Waals surface area contributed by atoms with Gasteiger partial charge in [0, 0.05) is 18.2 Å². The Labute approximate surface area is 161 Å². The maximum atomic E-state index is 13.7. The Balaban J connectivity index is 1.57. The van der Waals surface area contributed by atoms with E-state index in [-0.39, 0.29) is 30.3 Å². The van der Waals surface area contributed by atoms with E-state index in [0.717, 1.165) is 29.3 Å². The second-order valence-corrected chi connectivity index (χ2v) is 7.43. The van der Waals surface area contributed by atoms with Crippen LogP contribution in [0, 0.1) is 11.7 Å². The molecule has 0 bridgehead atoms. The minimum absolute atomic E-state index is 0.0817. The minimum Gasteiger partial charge on any atom is -0.488 e. The average molecular weight is 421 g/mol. The van der Waals surface area contributed by atoms with Gasteiger partial charge in [-0.1, -0.05) is 30.7 Å². The third-order valence-corrected chi connectivity index (χ3v) is 5.41. The molecular weight excluding hydrogens is 399 g/mol. The Morgan fingerprint density at radius 2 is 2.08 bits per heavy atom. The van der Waals surface area contributed by atoms with Crippen molar-refractivity contribution in [1.82, 2.24) is 5.32 Å². The first-order chi connectivity index (χ1) is 12.5. The second-order valence-electron chi connectivity index (χ2n) is 6.57. The number of hydrogen-bond donors (Lipinski definition) is 2. The molecule has 1 aliphatic carbocycles. The lowest BCUT2D eigenvalue weighted by Crippen LogP contribution is -2.38. The number of carbonyl (C=O) groups excluding carboxylic acids is 1. The molecule has 0 saturated heterocycles. The average Bonchev–Trinajstić information content (AvgIpc) is 3.09. The van der Waals surface area contributed by atoms with Gasteiger partial charge in [0.1, 0.15) is 18.2 Å². The summed E-state index contributed by atoms with van der Waals surface area (Å²) < 4.78 is 20.2. The molecule has 2 aromatic rings. The lowest BCUT2D eigenvalue weighted by Gasteiger charge is -2.18. The molecule has 0 spiro atoms. The van der Waals surface area contributed by atoms with E-state index >= 15 is 0 Å². The number of carbonyl (C=O) groups is 1. The molecule has 0 aromatic heterocycles. The second kappa shape index (κ2) is 8.64. The van der Waals surface area contributed by atoms with Crippen LogP contribution in [0.1, 0.15) is 30.4 Å². The van der Waals surface area contributed by atoms with Crippen LogP contribution in [-0.4, -0.2) is 11.9 Å². The molecule has 4 nitrogen and oxygen atoms in total. The van der Waals surface area contributed by atoms with E-state index in [0.29, 0.717) is 17.9 Å². The molecule has 138 valence electrons. The topological polar surface area (TPSA) is 64.4 Å². The summed E-state index contributed by atoms with van der Waals surface area (Å²) in [4.78, 5) is 11.5. The van der Waals surface area contributed by atoms with E-state index in [9.17, 15) is 9.18 Å². The van der Waals surface area contributed by atoms with Crippen molar-refractivity contribution in [3.8, 4) is 5.75 Å². The van der Waals surface area contributed by atoms with Crippen LogP contribution in [-0.2, 0) is 17.9 Å². The van der Waals surface area contributed by atoms with E-state index in [1.54, 1.807) is 18.2 Å². The highest BCUT2D eigenvalue weighted by Gasteiger charge is 2.30. The number of halogens is 2. The van der Waals surface area contributed by atoms with Gasteiger partial charge in [-0.2, -0.15) is 0 Å². The van der Waals surface area contributed by atoms with Gasteiger partial charge in [0.05, 0.1) is 10.4 Å². The van der Waals surface area contributed by atoms with Gasteiger partial charge >= 0.3 is 0 Å².